The number of aromatic amines is 1. The highest BCUT2D eigenvalue weighted by molar-refractivity contribution is 5.74. The highest BCUT2D eigenvalue weighted by Crippen LogP contribution is 2.30. The molecular formula is C9H15N3O2. The van der Waals surface area contributed by atoms with Crippen LogP contribution in [0.15, 0.2) is 6.33 Å². The number of aliphatic carboxylic acids is 1. The smallest absolute Gasteiger partial charge is 0.310 e. The number of hydrogen-bond donors (Lipinski definition) is 2. The first-order chi connectivity index (χ1) is 6.47. The lowest BCUT2D eigenvalue weighted by molar-refractivity contribution is -0.150. The molecule has 5 heteroatoms. The summed E-state index contributed by atoms with van der Waals surface area (Å²) in [5, 5.41) is 15.5. The first-order valence-corrected chi connectivity index (χ1v) is 4.54. The second-order valence-electron chi connectivity index (χ2n) is 3.99. The molecule has 0 spiro atoms. The molecule has 1 atom stereocenters. The van der Waals surface area contributed by atoms with Gasteiger partial charge in [-0.3, -0.25) is 9.89 Å². The van der Waals surface area contributed by atoms with Gasteiger partial charge in [0.05, 0.1) is 5.41 Å². The Morgan fingerprint density at radius 3 is 2.71 bits per heavy atom. The normalized spacial score (nSPS) is 15.4. The van der Waals surface area contributed by atoms with Crippen LogP contribution >= 0.6 is 0 Å². The molecule has 0 aliphatic rings. The minimum absolute atomic E-state index is 0.0464. The summed E-state index contributed by atoms with van der Waals surface area (Å²) in [6, 6.07) is 0. The summed E-state index contributed by atoms with van der Waals surface area (Å²) in [5.74, 6) is -0.141. The zero-order valence-electron chi connectivity index (χ0n) is 8.61. The summed E-state index contributed by atoms with van der Waals surface area (Å²) in [5.41, 5.74) is -0.792. The number of hydrogen-bond acceptors (Lipinski definition) is 3. The van der Waals surface area contributed by atoms with Crippen molar-refractivity contribution >= 4 is 5.97 Å². The van der Waals surface area contributed by atoms with Gasteiger partial charge in [-0.05, 0) is 12.8 Å². The van der Waals surface area contributed by atoms with Crippen LogP contribution in [0, 0.1) is 11.3 Å². The molecule has 1 aromatic rings. The van der Waals surface area contributed by atoms with Crippen molar-refractivity contribution in [3.8, 4) is 0 Å². The van der Waals surface area contributed by atoms with E-state index >= 15 is 0 Å². The third-order valence-electron chi connectivity index (χ3n) is 2.76. The highest BCUT2D eigenvalue weighted by Gasteiger charge is 2.37. The SMILES string of the molecule is CC(C)C(C)(Cc1ncn[nH]1)C(=O)O. The average Bonchev–Trinajstić information content (AvgIpc) is 2.55. The van der Waals surface area contributed by atoms with E-state index in [1.54, 1.807) is 6.92 Å². The number of nitrogens with one attached hydrogen (secondary N) is 1. The molecule has 2 N–H and O–H groups in total. The molecule has 0 fully saturated rings. The predicted octanol–water partition coefficient (Wildman–Crippen LogP) is 1.09. The van der Waals surface area contributed by atoms with Crippen LogP contribution in [-0.2, 0) is 11.2 Å². The van der Waals surface area contributed by atoms with Crippen molar-refractivity contribution in [1.29, 1.82) is 0 Å². The van der Waals surface area contributed by atoms with Gasteiger partial charge in [-0.1, -0.05) is 13.8 Å². The number of nitrogens with zero attached hydrogens (tertiary/aromatic N) is 2. The van der Waals surface area contributed by atoms with Gasteiger partial charge in [0, 0.05) is 6.42 Å². The number of carbonyl (C=O) groups is 1. The zero-order chi connectivity index (χ0) is 10.8. The monoisotopic (exact) mass is 197 g/mol. The molecule has 1 heterocycles. The summed E-state index contributed by atoms with van der Waals surface area (Å²) in [6.45, 7) is 5.51. The second-order valence-corrected chi connectivity index (χ2v) is 3.99. The van der Waals surface area contributed by atoms with E-state index in [0.717, 1.165) is 0 Å². The van der Waals surface area contributed by atoms with Crippen molar-refractivity contribution in [2.24, 2.45) is 11.3 Å². The largest absolute Gasteiger partial charge is 0.481 e. The molecule has 0 saturated carbocycles. The number of rotatable bonds is 4. The molecule has 0 amide bonds. The van der Waals surface area contributed by atoms with E-state index in [1.165, 1.54) is 6.33 Å². The van der Waals surface area contributed by atoms with Crippen LogP contribution in [0.3, 0.4) is 0 Å². The minimum atomic E-state index is -0.802. The molecular weight excluding hydrogens is 182 g/mol. The fourth-order valence-electron chi connectivity index (χ4n) is 1.19. The van der Waals surface area contributed by atoms with Gasteiger partial charge >= 0.3 is 5.97 Å². The van der Waals surface area contributed by atoms with Crippen molar-refractivity contribution in [2.45, 2.75) is 27.2 Å². The molecule has 1 unspecified atom stereocenters. The van der Waals surface area contributed by atoms with E-state index in [4.69, 9.17) is 5.11 Å². The molecule has 0 aliphatic carbocycles. The molecule has 1 aromatic heterocycles. The lowest BCUT2D eigenvalue weighted by Crippen LogP contribution is -2.35. The van der Waals surface area contributed by atoms with Crippen molar-refractivity contribution in [1.82, 2.24) is 15.2 Å². The summed E-state index contributed by atoms with van der Waals surface area (Å²) in [6.07, 6.45) is 1.76. The van der Waals surface area contributed by atoms with Gasteiger partial charge < -0.3 is 5.11 Å². The maximum Gasteiger partial charge on any atom is 0.310 e. The molecule has 0 radical (unpaired) electrons. The van der Waals surface area contributed by atoms with Crippen molar-refractivity contribution in [3.05, 3.63) is 12.2 Å². The Kier molecular flexibility index (Phi) is 2.88. The first-order valence-electron chi connectivity index (χ1n) is 4.54. The molecule has 78 valence electrons. The average molecular weight is 197 g/mol. The third-order valence-corrected chi connectivity index (χ3v) is 2.76. The molecule has 0 bridgehead atoms. The lowest BCUT2D eigenvalue weighted by atomic mass is 9.76. The van der Waals surface area contributed by atoms with Crippen LogP contribution in [0.1, 0.15) is 26.6 Å². The topological polar surface area (TPSA) is 78.9 Å². The number of carboxylic acid groups (broad SMARTS) is 1. The van der Waals surface area contributed by atoms with Gasteiger partial charge in [0.2, 0.25) is 0 Å². The maximum absolute atomic E-state index is 11.1. The number of carboxylic acids is 1. The summed E-state index contributed by atoms with van der Waals surface area (Å²) < 4.78 is 0. The quantitative estimate of drug-likeness (QED) is 0.757. The van der Waals surface area contributed by atoms with E-state index in [2.05, 4.69) is 15.2 Å². The van der Waals surface area contributed by atoms with Gasteiger partial charge in [-0.2, -0.15) is 5.10 Å². The molecule has 0 aromatic carbocycles. The summed E-state index contributed by atoms with van der Waals surface area (Å²) >= 11 is 0. The molecule has 5 nitrogen and oxygen atoms in total. The van der Waals surface area contributed by atoms with Crippen molar-refractivity contribution < 1.29 is 9.90 Å². The molecule has 0 saturated heterocycles. The maximum atomic E-state index is 11.1. The number of aromatic nitrogens is 3. The summed E-state index contributed by atoms with van der Waals surface area (Å²) in [7, 11) is 0. The van der Waals surface area contributed by atoms with Gasteiger partial charge in [0.25, 0.3) is 0 Å². The molecule has 1 rings (SSSR count). The van der Waals surface area contributed by atoms with Crippen molar-refractivity contribution in [3.63, 3.8) is 0 Å². The van der Waals surface area contributed by atoms with Gasteiger partial charge in [0.15, 0.2) is 0 Å². The predicted molar refractivity (Wildman–Crippen MR) is 50.7 cm³/mol. The fraction of sp³-hybridized carbons (Fsp3) is 0.667. The van der Waals surface area contributed by atoms with E-state index in [-0.39, 0.29) is 5.92 Å². The van der Waals surface area contributed by atoms with Gasteiger partial charge in [-0.25, -0.2) is 4.98 Å². The zero-order valence-corrected chi connectivity index (χ0v) is 8.61. The van der Waals surface area contributed by atoms with Crippen LogP contribution in [0.25, 0.3) is 0 Å². The Hall–Kier alpha value is -1.39. The van der Waals surface area contributed by atoms with Crippen LogP contribution in [0.2, 0.25) is 0 Å². The van der Waals surface area contributed by atoms with E-state index in [9.17, 15) is 4.79 Å². The van der Waals surface area contributed by atoms with Crippen molar-refractivity contribution in [2.75, 3.05) is 0 Å². The van der Waals surface area contributed by atoms with E-state index in [0.29, 0.717) is 12.2 Å². The van der Waals surface area contributed by atoms with Gasteiger partial charge in [0.1, 0.15) is 12.2 Å². The molecule has 0 aliphatic heterocycles. The Labute approximate surface area is 82.6 Å². The Morgan fingerprint density at radius 1 is 1.71 bits per heavy atom. The van der Waals surface area contributed by atoms with Crippen LogP contribution in [-0.4, -0.2) is 26.3 Å². The number of H-pyrrole nitrogens is 1. The van der Waals surface area contributed by atoms with Crippen LogP contribution in [0.5, 0.6) is 0 Å². The van der Waals surface area contributed by atoms with Gasteiger partial charge in [-0.15, -0.1) is 0 Å². The Balaban J connectivity index is 2.85. The lowest BCUT2D eigenvalue weighted by Gasteiger charge is -2.27. The summed E-state index contributed by atoms with van der Waals surface area (Å²) in [4.78, 5) is 15.1. The van der Waals surface area contributed by atoms with E-state index in [1.807, 2.05) is 13.8 Å². The van der Waals surface area contributed by atoms with E-state index < -0.39 is 11.4 Å². The van der Waals surface area contributed by atoms with Crippen LogP contribution < -0.4 is 0 Å². The standard InChI is InChI=1S/C9H15N3O2/c1-6(2)9(3,8(13)14)4-7-10-5-11-12-7/h5-6H,4H2,1-3H3,(H,13,14)(H,10,11,12). The Morgan fingerprint density at radius 2 is 2.36 bits per heavy atom. The highest BCUT2D eigenvalue weighted by atomic mass is 16.4. The Bertz CT molecular complexity index is 308. The second kappa shape index (κ2) is 3.77. The first kappa shape index (κ1) is 10.7. The third kappa shape index (κ3) is 1.92. The minimum Gasteiger partial charge on any atom is -0.481 e. The van der Waals surface area contributed by atoms with Crippen LogP contribution in [0.4, 0.5) is 0 Å². The fourth-order valence-corrected chi connectivity index (χ4v) is 1.19. The molecule has 14 heavy (non-hydrogen) atoms.